The number of rotatable bonds is 5. The van der Waals surface area contributed by atoms with E-state index in [1.54, 1.807) is 6.33 Å². The Hall–Kier alpha value is -2.83. The third-order valence-electron chi connectivity index (χ3n) is 9.09. The molecule has 4 aliphatic rings. The van der Waals surface area contributed by atoms with E-state index in [0.29, 0.717) is 12.5 Å². The number of aromatic nitrogens is 2. The van der Waals surface area contributed by atoms with Gasteiger partial charge in [0.15, 0.2) is 0 Å². The van der Waals surface area contributed by atoms with Crippen LogP contribution >= 0.6 is 0 Å². The molecule has 4 heterocycles. The van der Waals surface area contributed by atoms with Crippen LogP contribution in [0.15, 0.2) is 24.5 Å². The number of likely N-dealkylation sites (tertiary alicyclic amines) is 1. The number of hydrogen-bond acceptors (Lipinski definition) is 6. The van der Waals surface area contributed by atoms with Gasteiger partial charge in [0.05, 0.1) is 12.6 Å². The maximum atomic E-state index is 13.0. The fourth-order valence-electron chi connectivity index (χ4n) is 7.08. The predicted molar refractivity (Wildman–Crippen MR) is 142 cm³/mol. The molecule has 1 aromatic heterocycles. The minimum atomic E-state index is -0.148. The Bertz CT molecular complexity index is 1130. The van der Waals surface area contributed by atoms with E-state index in [9.17, 15) is 4.79 Å². The zero-order valence-electron chi connectivity index (χ0n) is 21.8. The van der Waals surface area contributed by atoms with Crippen molar-refractivity contribution in [1.82, 2.24) is 14.9 Å². The number of ether oxygens (including phenoxy) is 1. The summed E-state index contributed by atoms with van der Waals surface area (Å²) >= 11 is 0. The molecule has 1 spiro atoms. The smallest absolute Gasteiger partial charge is 0.410 e. The summed E-state index contributed by atoms with van der Waals surface area (Å²) in [6.45, 7) is 8.70. The summed E-state index contributed by atoms with van der Waals surface area (Å²) < 4.78 is 5.64. The maximum absolute atomic E-state index is 13.0. The third kappa shape index (κ3) is 3.91. The van der Waals surface area contributed by atoms with Crippen LogP contribution in [0.1, 0.15) is 93.1 Å². The molecule has 2 atom stereocenters. The summed E-state index contributed by atoms with van der Waals surface area (Å²) in [6, 6.07) is 6.74. The lowest BCUT2D eigenvalue weighted by atomic mass is 9.71. The average molecular weight is 490 g/mol. The quantitative estimate of drug-likeness (QED) is 0.554. The van der Waals surface area contributed by atoms with E-state index in [0.717, 1.165) is 76.9 Å². The molecule has 1 aromatic carbocycles. The van der Waals surface area contributed by atoms with Crippen LogP contribution in [-0.2, 0) is 16.6 Å². The number of piperidine rings is 1. The number of nitrogens with one attached hydrogen (secondary N) is 1. The van der Waals surface area contributed by atoms with Crippen molar-refractivity contribution in [1.29, 1.82) is 0 Å². The zero-order valence-corrected chi connectivity index (χ0v) is 21.8. The summed E-state index contributed by atoms with van der Waals surface area (Å²) in [6.07, 6.45) is 10.0. The molecule has 36 heavy (non-hydrogen) atoms. The van der Waals surface area contributed by atoms with Crippen LogP contribution in [0.2, 0.25) is 0 Å². The second-order valence-electron chi connectivity index (χ2n) is 11.2. The molecule has 2 saturated heterocycles. The highest BCUT2D eigenvalue weighted by Gasteiger charge is 2.46. The lowest BCUT2D eigenvalue weighted by Crippen LogP contribution is -2.45. The number of carbonyl (C=O) groups is 1. The van der Waals surface area contributed by atoms with Crippen molar-refractivity contribution in [2.75, 3.05) is 43.0 Å². The number of benzene rings is 1. The van der Waals surface area contributed by atoms with Crippen molar-refractivity contribution in [3.8, 4) is 0 Å². The summed E-state index contributed by atoms with van der Waals surface area (Å²) in [7, 11) is 0. The van der Waals surface area contributed by atoms with Crippen LogP contribution in [0.5, 0.6) is 0 Å². The molecular formula is C29H39N5O2. The molecule has 1 N–H and O–H groups in total. The normalized spacial score (nSPS) is 24.1. The lowest BCUT2D eigenvalue weighted by molar-refractivity contribution is 0.0965. The van der Waals surface area contributed by atoms with Gasteiger partial charge in [0.2, 0.25) is 0 Å². The zero-order chi connectivity index (χ0) is 24.7. The van der Waals surface area contributed by atoms with Gasteiger partial charge in [-0.15, -0.1) is 0 Å². The molecule has 2 fully saturated rings. The van der Waals surface area contributed by atoms with E-state index >= 15 is 0 Å². The number of unbranched alkanes of at least 4 members (excludes halogenated alkanes) is 1. The van der Waals surface area contributed by atoms with Crippen LogP contribution in [-0.4, -0.2) is 53.7 Å². The van der Waals surface area contributed by atoms with Gasteiger partial charge >= 0.3 is 6.09 Å². The second-order valence-corrected chi connectivity index (χ2v) is 11.2. The maximum Gasteiger partial charge on any atom is 0.410 e. The molecular weight excluding hydrogens is 450 g/mol. The number of aryl methyl sites for hydroxylation is 1. The van der Waals surface area contributed by atoms with Crippen LogP contribution in [0, 0.1) is 0 Å². The first-order valence-corrected chi connectivity index (χ1v) is 14.0. The van der Waals surface area contributed by atoms with Gasteiger partial charge in [-0.3, -0.25) is 0 Å². The summed E-state index contributed by atoms with van der Waals surface area (Å²) in [4.78, 5) is 26.8. The number of nitrogens with zero attached hydrogens (tertiary/aromatic N) is 4. The molecule has 1 unspecified atom stereocenters. The standard InChI is InChI=1S/C29H39N5O2/c1-3-4-17-36-28(35)34-14-6-9-24(34)21-7-5-8-23-26(21)29(18-30-23)12-15-33(16-13-29)27-25-20(2)10-11-22(25)31-19-32-27/h5,7-8,19-20,24,30H,3-4,6,9-18H2,1-2H3/t20-,24?/m1/s1. The van der Waals surface area contributed by atoms with Crippen molar-refractivity contribution in [3.05, 3.63) is 46.9 Å². The molecule has 2 aromatic rings. The first kappa shape index (κ1) is 23.6. The Labute approximate surface area is 214 Å². The van der Waals surface area contributed by atoms with E-state index in [4.69, 9.17) is 9.72 Å². The number of fused-ring (bicyclic) bond motifs is 3. The molecule has 1 amide bonds. The Kier molecular flexibility index (Phi) is 6.26. The largest absolute Gasteiger partial charge is 0.449 e. The van der Waals surface area contributed by atoms with Gasteiger partial charge in [-0.25, -0.2) is 14.8 Å². The van der Waals surface area contributed by atoms with Crippen LogP contribution < -0.4 is 10.2 Å². The fraction of sp³-hybridized carbons (Fsp3) is 0.621. The Balaban J connectivity index is 1.25. The number of amides is 1. The molecule has 1 aliphatic carbocycles. The van der Waals surface area contributed by atoms with Crippen molar-refractivity contribution in [2.24, 2.45) is 0 Å². The molecule has 0 radical (unpaired) electrons. The minimum Gasteiger partial charge on any atom is -0.449 e. The third-order valence-corrected chi connectivity index (χ3v) is 9.09. The molecule has 192 valence electrons. The van der Waals surface area contributed by atoms with Gasteiger partial charge in [0, 0.05) is 48.5 Å². The lowest BCUT2D eigenvalue weighted by Gasteiger charge is -2.42. The van der Waals surface area contributed by atoms with Crippen LogP contribution in [0.3, 0.4) is 0 Å². The number of anilines is 2. The predicted octanol–water partition coefficient (Wildman–Crippen LogP) is 5.56. The minimum absolute atomic E-state index is 0.102. The van der Waals surface area contributed by atoms with Crippen molar-refractivity contribution < 1.29 is 9.53 Å². The van der Waals surface area contributed by atoms with Gasteiger partial charge in [-0.05, 0) is 68.1 Å². The molecule has 3 aliphatic heterocycles. The molecule has 0 saturated carbocycles. The van der Waals surface area contributed by atoms with E-state index < -0.39 is 0 Å². The van der Waals surface area contributed by atoms with E-state index in [2.05, 4.69) is 47.2 Å². The molecule has 7 heteroatoms. The van der Waals surface area contributed by atoms with E-state index in [1.165, 1.54) is 34.5 Å². The van der Waals surface area contributed by atoms with Crippen LogP contribution in [0.25, 0.3) is 0 Å². The fourth-order valence-corrected chi connectivity index (χ4v) is 7.08. The van der Waals surface area contributed by atoms with Gasteiger partial charge in [0.25, 0.3) is 0 Å². The molecule has 7 nitrogen and oxygen atoms in total. The highest BCUT2D eigenvalue weighted by atomic mass is 16.6. The van der Waals surface area contributed by atoms with Crippen LogP contribution in [0.4, 0.5) is 16.3 Å². The summed E-state index contributed by atoms with van der Waals surface area (Å²) in [5.74, 6) is 1.70. The molecule has 6 rings (SSSR count). The van der Waals surface area contributed by atoms with Crippen molar-refractivity contribution in [2.45, 2.75) is 82.6 Å². The van der Waals surface area contributed by atoms with Gasteiger partial charge in [-0.1, -0.05) is 32.4 Å². The summed E-state index contributed by atoms with van der Waals surface area (Å²) in [5.41, 5.74) is 6.75. The highest BCUT2D eigenvalue weighted by molar-refractivity contribution is 5.71. The first-order valence-electron chi connectivity index (χ1n) is 14.0. The van der Waals surface area contributed by atoms with Gasteiger partial charge < -0.3 is 19.9 Å². The average Bonchev–Trinajstić information content (AvgIpc) is 3.63. The topological polar surface area (TPSA) is 70.6 Å². The monoisotopic (exact) mass is 489 g/mol. The Morgan fingerprint density at radius 1 is 1.19 bits per heavy atom. The van der Waals surface area contributed by atoms with Crippen molar-refractivity contribution >= 4 is 17.6 Å². The number of carbonyl (C=O) groups excluding carboxylic acids is 1. The summed E-state index contributed by atoms with van der Waals surface area (Å²) in [5, 5.41) is 3.73. The van der Waals surface area contributed by atoms with E-state index in [1.807, 2.05) is 4.90 Å². The Morgan fingerprint density at radius 2 is 2.06 bits per heavy atom. The van der Waals surface area contributed by atoms with E-state index in [-0.39, 0.29) is 17.6 Å². The van der Waals surface area contributed by atoms with Gasteiger partial charge in [-0.2, -0.15) is 0 Å². The van der Waals surface area contributed by atoms with Crippen molar-refractivity contribution in [3.63, 3.8) is 0 Å². The first-order chi connectivity index (χ1) is 17.6. The van der Waals surface area contributed by atoms with Gasteiger partial charge in [0.1, 0.15) is 12.1 Å². The Morgan fingerprint density at radius 3 is 2.89 bits per heavy atom. The second kappa shape index (κ2) is 9.56. The highest BCUT2D eigenvalue weighted by Crippen LogP contribution is 2.50. The SMILES string of the molecule is CCCCOC(=O)N1CCCC1c1cccc2c1C1(CCN(c3ncnc4c3[C@H](C)CC4)CC1)CN2. The molecule has 0 bridgehead atoms. The number of hydrogen-bond donors (Lipinski definition) is 1.